The van der Waals surface area contributed by atoms with Gasteiger partial charge < -0.3 is 10.2 Å². The van der Waals surface area contributed by atoms with E-state index in [2.05, 4.69) is 37.3 Å². The summed E-state index contributed by atoms with van der Waals surface area (Å²) in [5, 5.41) is 11.6. The normalized spacial score (nSPS) is 9.85. The molecule has 0 aliphatic rings. The number of rotatable bonds is 5. The average molecular weight is 332 g/mol. The minimum Gasteiger partial charge on any atom is -0.369 e. The van der Waals surface area contributed by atoms with Gasteiger partial charge in [0.2, 0.25) is 0 Å². The first-order valence-electron chi connectivity index (χ1n) is 6.13. The molecule has 0 spiro atoms. The summed E-state index contributed by atoms with van der Waals surface area (Å²) < 4.78 is 1.02. The number of nitrogens with zero attached hydrogens (tertiary/aromatic N) is 4. The van der Waals surface area contributed by atoms with E-state index in [1.165, 1.54) is 6.33 Å². The molecular formula is C14H14BrN5. The summed E-state index contributed by atoms with van der Waals surface area (Å²) in [5.74, 6) is 1.50. The van der Waals surface area contributed by atoms with Crippen molar-refractivity contribution < 1.29 is 0 Å². The SMILES string of the molecule is CN(c1cccc(Br)c1)c1cc(NCCC#N)ncn1. The van der Waals surface area contributed by atoms with Gasteiger partial charge in [0, 0.05) is 29.8 Å². The fourth-order valence-electron chi connectivity index (χ4n) is 1.69. The van der Waals surface area contributed by atoms with Gasteiger partial charge >= 0.3 is 0 Å². The van der Waals surface area contributed by atoms with E-state index in [-0.39, 0.29) is 0 Å². The summed E-state index contributed by atoms with van der Waals surface area (Å²) in [6, 6.07) is 11.9. The Morgan fingerprint density at radius 2 is 2.20 bits per heavy atom. The predicted octanol–water partition coefficient (Wildman–Crippen LogP) is 3.33. The summed E-state index contributed by atoms with van der Waals surface area (Å²) in [6.45, 7) is 0.577. The molecule has 2 rings (SSSR count). The Kier molecular flexibility index (Phi) is 4.91. The molecule has 1 aromatic heterocycles. The minimum absolute atomic E-state index is 0.445. The van der Waals surface area contributed by atoms with Gasteiger partial charge in [-0.05, 0) is 18.2 Å². The van der Waals surface area contributed by atoms with E-state index in [0.717, 1.165) is 16.0 Å². The molecule has 6 heteroatoms. The molecule has 0 bridgehead atoms. The Bertz CT molecular complexity index is 623. The number of aromatic nitrogens is 2. The van der Waals surface area contributed by atoms with Crippen LogP contribution in [-0.4, -0.2) is 23.6 Å². The fraction of sp³-hybridized carbons (Fsp3) is 0.214. The lowest BCUT2D eigenvalue weighted by atomic mass is 10.3. The average Bonchev–Trinajstić information content (AvgIpc) is 2.47. The molecule has 5 nitrogen and oxygen atoms in total. The van der Waals surface area contributed by atoms with Gasteiger partial charge in [-0.25, -0.2) is 9.97 Å². The third kappa shape index (κ3) is 3.68. The van der Waals surface area contributed by atoms with Crippen LogP contribution in [0.1, 0.15) is 6.42 Å². The summed E-state index contributed by atoms with van der Waals surface area (Å²) >= 11 is 3.46. The quantitative estimate of drug-likeness (QED) is 0.851. The van der Waals surface area contributed by atoms with E-state index in [0.29, 0.717) is 18.8 Å². The number of hydrogen-bond donors (Lipinski definition) is 1. The van der Waals surface area contributed by atoms with Gasteiger partial charge in [-0.15, -0.1) is 0 Å². The van der Waals surface area contributed by atoms with E-state index in [1.807, 2.05) is 42.3 Å². The molecule has 1 N–H and O–H groups in total. The van der Waals surface area contributed by atoms with Gasteiger partial charge in [-0.1, -0.05) is 22.0 Å². The molecule has 0 amide bonds. The smallest absolute Gasteiger partial charge is 0.138 e. The van der Waals surface area contributed by atoms with Gasteiger partial charge in [0.25, 0.3) is 0 Å². The maximum atomic E-state index is 8.53. The maximum absolute atomic E-state index is 8.53. The van der Waals surface area contributed by atoms with Crippen LogP contribution in [0.3, 0.4) is 0 Å². The van der Waals surface area contributed by atoms with Gasteiger partial charge in [0.15, 0.2) is 0 Å². The summed E-state index contributed by atoms with van der Waals surface area (Å²) in [6.07, 6.45) is 1.96. The number of hydrogen-bond acceptors (Lipinski definition) is 5. The fourth-order valence-corrected chi connectivity index (χ4v) is 2.08. The molecule has 1 aromatic carbocycles. The molecule has 0 aliphatic heterocycles. The van der Waals surface area contributed by atoms with Gasteiger partial charge in [-0.3, -0.25) is 0 Å². The van der Waals surface area contributed by atoms with Crippen molar-refractivity contribution in [2.45, 2.75) is 6.42 Å². The van der Waals surface area contributed by atoms with Crippen molar-refractivity contribution in [1.82, 2.24) is 9.97 Å². The highest BCUT2D eigenvalue weighted by molar-refractivity contribution is 9.10. The summed E-state index contributed by atoms with van der Waals surface area (Å²) in [4.78, 5) is 10.4. The van der Waals surface area contributed by atoms with Crippen LogP contribution in [0.15, 0.2) is 41.1 Å². The van der Waals surface area contributed by atoms with E-state index in [9.17, 15) is 0 Å². The number of benzene rings is 1. The Hall–Kier alpha value is -2.13. The standard InChI is InChI=1S/C14H14BrN5/c1-20(12-5-2-4-11(15)8-12)14-9-13(18-10-19-14)17-7-3-6-16/h2,4-5,8-10H,3,7H2,1H3,(H,17,18,19). The van der Waals surface area contributed by atoms with Crippen molar-refractivity contribution in [3.05, 3.63) is 41.1 Å². The molecule has 0 saturated carbocycles. The molecular weight excluding hydrogens is 318 g/mol. The Balaban J connectivity index is 2.16. The second-order valence-electron chi connectivity index (χ2n) is 4.14. The molecule has 0 atom stereocenters. The zero-order valence-electron chi connectivity index (χ0n) is 11.0. The van der Waals surface area contributed by atoms with Gasteiger partial charge in [-0.2, -0.15) is 5.26 Å². The van der Waals surface area contributed by atoms with Crippen molar-refractivity contribution in [3.8, 4) is 6.07 Å². The zero-order valence-corrected chi connectivity index (χ0v) is 12.6. The lowest BCUT2D eigenvalue weighted by molar-refractivity contribution is 1.03. The molecule has 0 unspecified atom stereocenters. The van der Waals surface area contributed by atoms with Crippen molar-refractivity contribution >= 4 is 33.3 Å². The second kappa shape index (κ2) is 6.87. The van der Waals surface area contributed by atoms with Crippen LogP contribution >= 0.6 is 15.9 Å². The largest absolute Gasteiger partial charge is 0.369 e. The lowest BCUT2D eigenvalue weighted by Crippen LogP contribution is -2.12. The Morgan fingerprint density at radius 1 is 1.35 bits per heavy atom. The van der Waals surface area contributed by atoms with Crippen molar-refractivity contribution in [2.24, 2.45) is 0 Å². The number of nitriles is 1. The molecule has 0 saturated heterocycles. The zero-order chi connectivity index (χ0) is 14.4. The monoisotopic (exact) mass is 331 g/mol. The Morgan fingerprint density at radius 3 is 2.95 bits per heavy atom. The van der Waals surface area contributed by atoms with Gasteiger partial charge in [0.1, 0.15) is 18.0 Å². The van der Waals surface area contributed by atoms with Crippen molar-refractivity contribution in [1.29, 1.82) is 5.26 Å². The highest BCUT2D eigenvalue weighted by Crippen LogP contribution is 2.25. The van der Waals surface area contributed by atoms with E-state index >= 15 is 0 Å². The predicted molar refractivity (Wildman–Crippen MR) is 83.0 cm³/mol. The van der Waals surface area contributed by atoms with Crippen LogP contribution in [-0.2, 0) is 0 Å². The molecule has 102 valence electrons. The number of halogens is 1. The topological polar surface area (TPSA) is 64.8 Å². The van der Waals surface area contributed by atoms with Crippen LogP contribution in [0.25, 0.3) is 0 Å². The van der Waals surface area contributed by atoms with Gasteiger partial charge in [0.05, 0.1) is 12.5 Å². The number of nitrogens with one attached hydrogen (secondary N) is 1. The van der Waals surface area contributed by atoms with Crippen molar-refractivity contribution in [2.75, 3.05) is 23.8 Å². The van der Waals surface area contributed by atoms with Crippen LogP contribution in [0, 0.1) is 11.3 Å². The van der Waals surface area contributed by atoms with Crippen LogP contribution in [0.5, 0.6) is 0 Å². The van der Waals surface area contributed by atoms with Crippen LogP contribution in [0.2, 0.25) is 0 Å². The lowest BCUT2D eigenvalue weighted by Gasteiger charge is -2.19. The third-order valence-electron chi connectivity index (χ3n) is 2.73. The molecule has 0 fully saturated rings. The Labute approximate surface area is 126 Å². The molecule has 0 radical (unpaired) electrons. The molecule has 0 aliphatic carbocycles. The molecule has 2 aromatic rings. The summed E-state index contributed by atoms with van der Waals surface area (Å²) in [5.41, 5.74) is 1.03. The maximum Gasteiger partial charge on any atom is 0.138 e. The van der Waals surface area contributed by atoms with E-state index < -0.39 is 0 Å². The minimum atomic E-state index is 0.445. The molecule has 20 heavy (non-hydrogen) atoms. The van der Waals surface area contributed by atoms with Crippen molar-refractivity contribution in [3.63, 3.8) is 0 Å². The van der Waals surface area contributed by atoms with Crippen LogP contribution in [0.4, 0.5) is 17.3 Å². The first kappa shape index (κ1) is 14.3. The molecule has 1 heterocycles. The first-order valence-corrected chi connectivity index (χ1v) is 6.92. The highest BCUT2D eigenvalue weighted by Gasteiger charge is 2.07. The second-order valence-corrected chi connectivity index (χ2v) is 5.05. The first-order chi connectivity index (χ1) is 9.70. The summed E-state index contributed by atoms with van der Waals surface area (Å²) in [7, 11) is 1.95. The third-order valence-corrected chi connectivity index (χ3v) is 3.23. The van der Waals surface area contributed by atoms with E-state index in [4.69, 9.17) is 5.26 Å². The van der Waals surface area contributed by atoms with Crippen LogP contribution < -0.4 is 10.2 Å². The number of anilines is 3. The highest BCUT2D eigenvalue weighted by atomic mass is 79.9. The van der Waals surface area contributed by atoms with E-state index in [1.54, 1.807) is 0 Å².